The highest BCUT2D eigenvalue weighted by Crippen LogP contribution is 2.40. The SMILES string of the molecule is Cn1c(=O)n(C)c2cc(S(=O)(=O)Nc3cc4c(cc3SC3CCCCC3)n(C)c(=O)n4C)ccc21. The van der Waals surface area contributed by atoms with Gasteiger partial charge in [0, 0.05) is 38.3 Å². The predicted molar refractivity (Wildman–Crippen MR) is 140 cm³/mol. The van der Waals surface area contributed by atoms with Gasteiger partial charge in [0.05, 0.1) is 32.6 Å². The Labute approximate surface area is 207 Å². The van der Waals surface area contributed by atoms with E-state index in [1.54, 1.807) is 56.7 Å². The largest absolute Gasteiger partial charge is 0.328 e. The number of rotatable bonds is 5. The van der Waals surface area contributed by atoms with Crippen LogP contribution in [-0.2, 0) is 38.2 Å². The molecule has 0 saturated heterocycles. The Kier molecular flexibility index (Phi) is 5.87. The summed E-state index contributed by atoms with van der Waals surface area (Å²) in [5.74, 6) is 0. The lowest BCUT2D eigenvalue weighted by Gasteiger charge is -2.22. The van der Waals surface area contributed by atoms with Crippen LogP contribution in [0.2, 0.25) is 0 Å². The van der Waals surface area contributed by atoms with Crippen LogP contribution in [0.5, 0.6) is 0 Å². The number of aryl methyl sites for hydroxylation is 4. The quantitative estimate of drug-likeness (QED) is 0.440. The average molecular weight is 516 g/mol. The maximum Gasteiger partial charge on any atom is 0.328 e. The van der Waals surface area contributed by atoms with Gasteiger partial charge in [-0.25, -0.2) is 18.0 Å². The highest BCUT2D eigenvalue weighted by atomic mass is 32.2. The molecule has 0 unspecified atom stereocenters. The molecule has 1 saturated carbocycles. The zero-order valence-corrected chi connectivity index (χ0v) is 21.9. The number of imidazole rings is 2. The highest BCUT2D eigenvalue weighted by molar-refractivity contribution is 8.00. The van der Waals surface area contributed by atoms with Crippen LogP contribution in [0.3, 0.4) is 0 Å². The molecule has 2 heterocycles. The Balaban J connectivity index is 1.61. The summed E-state index contributed by atoms with van der Waals surface area (Å²) in [6.45, 7) is 0. The monoisotopic (exact) mass is 515 g/mol. The van der Waals surface area contributed by atoms with Crippen molar-refractivity contribution in [2.75, 3.05) is 4.72 Å². The van der Waals surface area contributed by atoms with Crippen molar-refractivity contribution in [3.8, 4) is 0 Å². The van der Waals surface area contributed by atoms with Gasteiger partial charge in [-0.05, 0) is 43.2 Å². The molecule has 11 heteroatoms. The molecule has 0 atom stereocenters. The Bertz CT molecular complexity index is 1690. The third-order valence-electron chi connectivity index (χ3n) is 7.02. The molecule has 1 aliphatic carbocycles. The number of thioether (sulfide) groups is 1. The number of fused-ring (bicyclic) bond motifs is 2. The smallest absolute Gasteiger partial charge is 0.295 e. The van der Waals surface area contributed by atoms with Crippen molar-refractivity contribution < 1.29 is 8.42 Å². The van der Waals surface area contributed by atoms with Crippen molar-refractivity contribution in [2.45, 2.75) is 47.1 Å². The first-order chi connectivity index (χ1) is 16.6. The van der Waals surface area contributed by atoms with E-state index in [1.165, 1.54) is 45.1 Å². The Morgan fingerprint density at radius 2 is 1.31 bits per heavy atom. The van der Waals surface area contributed by atoms with E-state index in [0.717, 1.165) is 23.3 Å². The zero-order valence-electron chi connectivity index (χ0n) is 20.2. The Hall–Kier alpha value is -2.92. The van der Waals surface area contributed by atoms with E-state index >= 15 is 0 Å². The molecular weight excluding hydrogens is 486 g/mol. The molecule has 4 aromatic rings. The molecule has 1 aliphatic rings. The van der Waals surface area contributed by atoms with Crippen LogP contribution in [0.25, 0.3) is 22.1 Å². The fourth-order valence-electron chi connectivity index (χ4n) is 4.92. The topological polar surface area (TPSA) is 100 Å². The summed E-state index contributed by atoms with van der Waals surface area (Å²) >= 11 is 1.68. The molecular formula is C24H29N5O4S2. The number of benzene rings is 2. The molecule has 186 valence electrons. The lowest BCUT2D eigenvalue weighted by molar-refractivity contribution is 0.516. The van der Waals surface area contributed by atoms with Crippen molar-refractivity contribution in [3.05, 3.63) is 51.3 Å². The van der Waals surface area contributed by atoms with E-state index in [4.69, 9.17) is 0 Å². The number of aromatic nitrogens is 4. The van der Waals surface area contributed by atoms with Gasteiger partial charge in [-0.15, -0.1) is 11.8 Å². The van der Waals surface area contributed by atoms with Gasteiger partial charge in [-0.3, -0.25) is 23.0 Å². The van der Waals surface area contributed by atoms with Crippen LogP contribution in [0.4, 0.5) is 5.69 Å². The second-order valence-electron chi connectivity index (χ2n) is 9.27. The van der Waals surface area contributed by atoms with Gasteiger partial charge in [-0.2, -0.15) is 0 Å². The molecule has 35 heavy (non-hydrogen) atoms. The molecule has 0 amide bonds. The molecule has 0 bridgehead atoms. The van der Waals surface area contributed by atoms with Crippen LogP contribution in [-0.4, -0.2) is 31.9 Å². The number of hydrogen-bond acceptors (Lipinski definition) is 5. The molecule has 2 aromatic heterocycles. The molecule has 1 fully saturated rings. The Morgan fingerprint density at radius 1 is 0.771 bits per heavy atom. The maximum absolute atomic E-state index is 13.5. The number of hydrogen-bond donors (Lipinski definition) is 1. The second-order valence-corrected chi connectivity index (χ2v) is 12.3. The molecule has 1 N–H and O–H groups in total. The van der Waals surface area contributed by atoms with Gasteiger partial charge < -0.3 is 0 Å². The number of sulfonamides is 1. The van der Waals surface area contributed by atoms with Gasteiger partial charge in [0.25, 0.3) is 10.0 Å². The number of nitrogens with one attached hydrogen (secondary N) is 1. The molecule has 9 nitrogen and oxygen atoms in total. The normalized spacial score (nSPS) is 15.3. The predicted octanol–water partition coefficient (Wildman–Crippen LogP) is 3.29. The average Bonchev–Trinajstić information content (AvgIpc) is 3.19. The van der Waals surface area contributed by atoms with Crippen LogP contribution >= 0.6 is 11.8 Å². The first-order valence-electron chi connectivity index (χ1n) is 11.6. The van der Waals surface area contributed by atoms with Crippen LogP contribution in [0.1, 0.15) is 32.1 Å². The van der Waals surface area contributed by atoms with Crippen molar-refractivity contribution >= 4 is 49.5 Å². The Morgan fingerprint density at radius 3 is 1.94 bits per heavy atom. The molecule has 0 aliphatic heterocycles. The van der Waals surface area contributed by atoms with Gasteiger partial charge in [-0.1, -0.05) is 19.3 Å². The number of nitrogens with zero attached hydrogens (tertiary/aromatic N) is 4. The summed E-state index contributed by atoms with van der Waals surface area (Å²) in [5, 5.41) is 0.403. The summed E-state index contributed by atoms with van der Waals surface area (Å²) < 4.78 is 35.8. The summed E-state index contributed by atoms with van der Waals surface area (Å²) in [6.07, 6.45) is 5.73. The van der Waals surface area contributed by atoms with Crippen molar-refractivity contribution in [3.63, 3.8) is 0 Å². The van der Waals surface area contributed by atoms with Crippen molar-refractivity contribution in [1.82, 2.24) is 18.3 Å². The minimum absolute atomic E-state index is 0.0712. The highest BCUT2D eigenvalue weighted by Gasteiger charge is 2.23. The second kappa shape index (κ2) is 8.63. The lowest BCUT2D eigenvalue weighted by atomic mass is 10.0. The van der Waals surface area contributed by atoms with Gasteiger partial charge in [0.15, 0.2) is 0 Å². The standard InChI is InChI=1S/C24H29N5O4S2/c1-26-18-11-10-16(12-19(18)27(2)23(26)30)35(32,33)25-17-13-20-21(29(4)24(31)28(20)3)14-22(17)34-15-8-6-5-7-9-15/h10-15,25H,5-9H2,1-4H3. The van der Waals surface area contributed by atoms with Crippen molar-refractivity contribution in [1.29, 1.82) is 0 Å². The third kappa shape index (κ3) is 4.00. The molecule has 5 rings (SSSR count). The zero-order chi connectivity index (χ0) is 25.1. The molecule has 2 aromatic carbocycles. The van der Waals surface area contributed by atoms with E-state index in [-0.39, 0.29) is 16.3 Å². The minimum atomic E-state index is -3.96. The van der Waals surface area contributed by atoms with Gasteiger partial charge in [0.1, 0.15) is 0 Å². The maximum atomic E-state index is 13.5. The first kappa shape index (κ1) is 23.8. The van der Waals surface area contributed by atoms with Gasteiger partial charge in [0.2, 0.25) is 0 Å². The summed E-state index contributed by atoms with van der Waals surface area (Å²) in [4.78, 5) is 25.7. The fourth-order valence-corrected chi connectivity index (χ4v) is 7.42. The van der Waals surface area contributed by atoms with Crippen LogP contribution in [0.15, 0.2) is 49.7 Å². The van der Waals surface area contributed by atoms with Gasteiger partial charge >= 0.3 is 11.4 Å². The van der Waals surface area contributed by atoms with Crippen LogP contribution in [0, 0.1) is 0 Å². The summed E-state index contributed by atoms with van der Waals surface area (Å²) in [6, 6.07) is 8.33. The lowest BCUT2D eigenvalue weighted by Crippen LogP contribution is -2.19. The minimum Gasteiger partial charge on any atom is -0.295 e. The number of anilines is 1. The fraction of sp³-hybridized carbons (Fsp3) is 0.417. The summed E-state index contributed by atoms with van der Waals surface area (Å²) in [7, 11) is 2.73. The first-order valence-corrected chi connectivity index (χ1v) is 14.0. The molecule has 0 spiro atoms. The van der Waals surface area contributed by atoms with Crippen LogP contribution < -0.4 is 16.1 Å². The van der Waals surface area contributed by atoms with E-state index in [9.17, 15) is 18.0 Å². The van der Waals surface area contributed by atoms with E-state index < -0.39 is 10.0 Å². The third-order valence-corrected chi connectivity index (χ3v) is 9.78. The van der Waals surface area contributed by atoms with E-state index in [0.29, 0.717) is 27.5 Å². The van der Waals surface area contributed by atoms with Crippen molar-refractivity contribution in [2.24, 2.45) is 28.2 Å². The summed E-state index contributed by atoms with van der Waals surface area (Å²) in [5.41, 5.74) is 2.69. The van der Waals surface area contributed by atoms with E-state index in [2.05, 4.69) is 4.72 Å². The molecule has 0 radical (unpaired) electrons. The van der Waals surface area contributed by atoms with E-state index in [1.807, 2.05) is 6.07 Å².